The smallest absolute Gasteiger partial charge is 0.00638 e. The number of benzene rings is 3. The van der Waals surface area contributed by atoms with E-state index in [2.05, 4.69) is 48.6 Å². The second-order valence-corrected chi connectivity index (χ2v) is 7.50. The van der Waals surface area contributed by atoms with Crippen molar-refractivity contribution < 1.29 is 0 Å². The first kappa shape index (κ1) is 13.0. The molecule has 0 heterocycles. The van der Waals surface area contributed by atoms with Crippen molar-refractivity contribution in [3.05, 3.63) is 69.8 Å². The molecule has 0 bridgehead atoms. The fourth-order valence-corrected chi connectivity index (χ4v) is 5.29. The maximum atomic E-state index is 2.54. The van der Waals surface area contributed by atoms with Crippen LogP contribution in [0.4, 0.5) is 0 Å². The highest BCUT2D eigenvalue weighted by molar-refractivity contribution is 6.17. The zero-order chi connectivity index (χ0) is 15.7. The van der Waals surface area contributed by atoms with Crippen LogP contribution in [-0.2, 0) is 25.7 Å². The number of hydrogen-bond donors (Lipinski definition) is 0. The van der Waals surface area contributed by atoms with Gasteiger partial charge in [-0.1, -0.05) is 48.6 Å². The maximum Gasteiger partial charge on any atom is -0.00638 e. The Morgan fingerprint density at radius 2 is 1.58 bits per heavy atom. The summed E-state index contributed by atoms with van der Waals surface area (Å²) < 4.78 is 0. The van der Waals surface area contributed by atoms with Crippen LogP contribution >= 0.6 is 0 Å². The molecule has 0 nitrogen and oxygen atoms in total. The Labute approximate surface area is 142 Å². The van der Waals surface area contributed by atoms with E-state index in [-0.39, 0.29) is 0 Å². The molecule has 3 aromatic carbocycles. The standard InChI is InChI=1S/C24H20/c1-2-9-17-16(6-1)14-22-21-11-4-8-15-7-3-10-19(23(15)21)20-13-5-12-18(17)24(20)22/h3-5,7-8,11,13-14H,1-2,6,9-10,12H2. The predicted octanol–water partition coefficient (Wildman–Crippen LogP) is 6.01. The highest BCUT2D eigenvalue weighted by Crippen LogP contribution is 2.44. The van der Waals surface area contributed by atoms with Crippen LogP contribution in [0.15, 0.2) is 36.4 Å². The third-order valence-corrected chi connectivity index (χ3v) is 6.27. The maximum absolute atomic E-state index is 2.54. The minimum Gasteiger partial charge on any atom is -0.0795 e. The van der Waals surface area contributed by atoms with Crippen LogP contribution in [0, 0.1) is 0 Å². The molecule has 0 spiro atoms. The van der Waals surface area contributed by atoms with E-state index >= 15 is 0 Å². The molecule has 0 atom stereocenters. The third kappa shape index (κ3) is 1.54. The number of allylic oxidation sites excluding steroid dienone is 2. The lowest BCUT2D eigenvalue weighted by atomic mass is 9.77. The summed E-state index contributed by atoms with van der Waals surface area (Å²) in [6.07, 6.45) is 16.9. The molecule has 0 saturated carbocycles. The zero-order valence-electron chi connectivity index (χ0n) is 13.9. The fraction of sp³-hybridized carbons (Fsp3) is 0.250. The molecule has 0 saturated heterocycles. The van der Waals surface area contributed by atoms with Gasteiger partial charge in [0.1, 0.15) is 0 Å². The average Bonchev–Trinajstić information content (AvgIpc) is 2.65. The zero-order valence-corrected chi connectivity index (χ0v) is 13.9. The van der Waals surface area contributed by atoms with Crippen molar-refractivity contribution in [3.63, 3.8) is 0 Å². The second-order valence-electron chi connectivity index (χ2n) is 7.50. The van der Waals surface area contributed by atoms with Crippen molar-refractivity contribution >= 4 is 33.7 Å². The van der Waals surface area contributed by atoms with E-state index in [1.165, 1.54) is 53.0 Å². The van der Waals surface area contributed by atoms with Gasteiger partial charge in [0.15, 0.2) is 0 Å². The summed E-state index contributed by atoms with van der Waals surface area (Å²) in [4.78, 5) is 0. The molecule has 3 aliphatic carbocycles. The molecule has 24 heavy (non-hydrogen) atoms. The highest BCUT2D eigenvalue weighted by atomic mass is 14.3. The number of fused-ring (bicyclic) bond motifs is 4. The van der Waals surface area contributed by atoms with Gasteiger partial charge in [0.25, 0.3) is 0 Å². The molecule has 6 rings (SSSR count). The van der Waals surface area contributed by atoms with Gasteiger partial charge in [0.2, 0.25) is 0 Å². The summed E-state index contributed by atoms with van der Waals surface area (Å²) in [5.41, 5.74) is 9.38. The molecule has 0 fully saturated rings. The Hall–Kier alpha value is -2.34. The summed E-state index contributed by atoms with van der Waals surface area (Å²) in [5, 5.41) is 6.03. The van der Waals surface area contributed by atoms with E-state index in [1.807, 2.05) is 0 Å². The van der Waals surface area contributed by atoms with Crippen molar-refractivity contribution in [1.29, 1.82) is 0 Å². The summed E-state index contributed by atoms with van der Waals surface area (Å²) >= 11 is 0. The Morgan fingerprint density at radius 3 is 2.58 bits per heavy atom. The quantitative estimate of drug-likeness (QED) is 0.446. The lowest BCUT2D eigenvalue weighted by molar-refractivity contribution is 0.682. The van der Waals surface area contributed by atoms with Gasteiger partial charge in [-0.15, -0.1) is 0 Å². The first-order valence-corrected chi connectivity index (χ1v) is 9.30. The van der Waals surface area contributed by atoms with Crippen LogP contribution in [-0.4, -0.2) is 0 Å². The van der Waals surface area contributed by atoms with E-state index in [1.54, 1.807) is 27.6 Å². The van der Waals surface area contributed by atoms with E-state index in [9.17, 15) is 0 Å². The minimum atomic E-state index is 1.07. The van der Waals surface area contributed by atoms with Gasteiger partial charge in [-0.25, -0.2) is 0 Å². The largest absolute Gasteiger partial charge is 0.0795 e. The lowest BCUT2D eigenvalue weighted by Gasteiger charge is -2.27. The molecule has 0 aromatic heterocycles. The topological polar surface area (TPSA) is 0 Å². The van der Waals surface area contributed by atoms with Crippen LogP contribution in [0.25, 0.3) is 33.7 Å². The van der Waals surface area contributed by atoms with Gasteiger partial charge < -0.3 is 0 Å². The van der Waals surface area contributed by atoms with Crippen molar-refractivity contribution in [2.75, 3.05) is 0 Å². The van der Waals surface area contributed by atoms with Crippen molar-refractivity contribution in [3.8, 4) is 0 Å². The molecule has 0 N–H and O–H groups in total. The summed E-state index contributed by atoms with van der Waals surface area (Å²) in [5.74, 6) is 0. The molecular formula is C24H20. The van der Waals surface area contributed by atoms with Gasteiger partial charge in [-0.2, -0.15) is 0 Å². The van der Waals surface area contributed by atoms with E-state index in [0.717, 1.165) is 12.8 Å². The summed E-state index contributed by atoms with van der Waals surface area (Å²) in [6, 6.07) is 9.39. The number of rotatable bonds is 0. The molecule has 116 valence electrons. The first-order chi connectivity index (χ1) is 11.9. The highest BCUT2D eigenvalue weighted by Gasteiger charge is 2.24. The molecule has 0 aliphatic heterocycles. The summed E-state index contributed by atoms with van der Waals surface area (Å²) in [7, 11) is 0. The van der Waals surface area contributed by atoms with Crippen molar-refractivity contribution in [2.24, 2.45) is 0 Å². The minimum absolute atomic E-state index is 1.07. The van der Waals surface area contributed by atoms with E-state index in [0.29, 0.717) is 0 Å². The van der Waals surface area contributed by atoms with Crippen molar-refractivity contribution in [1.82, 2.24) is 0 Å². The van der Waals surface area contributed by atoms with Gasteiger partial charge in [0.05, 0.1) is 0 Å². The van der Waals surface area contributed by atoms with Gasteiger partial charge in [-0.3, -0.25) is 0 Å². The first-order valence-electron chi connectivity index (χ1n) is 9.30. The lowest BCUT2D eigenvalue weighted by Crippen LogP contribution is -2.10. The van der Waals surface area contributed by atoms with E-state index in [4.69, 9.17) is 0 Å². The number of aryl methyl sites for hydroxylation is 1. The molecule has 3 aromatic rings. The van der Waals surface area contributed by atoms with Crippen LogP contribution in [0.3, 0.4) is 0 Å². The normalized spacial score (nSPS) is 17.5. The third-order valence-electron chi connectivity index (χ3n) is 6.27. The molecule has 0 amide bonds. The Bertz CT molecular complexity index is 1090. The SMILES string of the molecule is C1=Cc2cccc3c2c(c2c4c(c5c(cc43)CCCC5)CC=C2)C1. The Balaban J connectivity index is 1.90. The van der Waals surface area contributed by atoms with Crippen LogP contribution in [0.2, 0.25) is 0 Å². The average molecular weight is 308 g/mol. The van der Waals surface area contributed by atoms with Crippen LogP contribution in [0.5, 0.6) is 0 Å². The van der Waals surface area contributed by atoms with Crippen molar-refractivity contribution in [2.45, 2.75) is 38.5 Å². The number of hydrogen-bond acceptors (Lipinski definition) is 0. The molecular weight excluding hydrogens is 288 g/mol. The van der Waals surface area contributed by atoms with Gasteiger partial charge in [0, 0.05) is 0 Å². The fourth-order valence-electron chi connectivity index (χ4n) is 5.29. The van der Waals surface area contributed by atoms with Gasteiger partial charge >= 0.3 is 0 Å². The predicted molar refractivity (Wildman–Crippen MR) is 104 cm³/mol. The molecule has 3 aliphatic rings. The Morgan fingerprint density at radius 1 is 0.708 bits per heavy atom. The molecule has 0 unspecified atom stereocenters. The van der Waals surface area contributed by atoms with Gasteiger partial charge in [-0.05, 0) is 93.5 Å². The summed E-state index contributed by atoms with van der Waals surface area (Å²) in [6.45, 7) is 0. The van der Waals surface area contributed by atoms with E-state index < -0.39 is 0 Å². The Kier molecular flexibility index (Phi) is 2.49. The van der Waals surface area contributed by atoms with Crippen LogP contribution in [0.1, 0.15) is 46.2 Å². The molecule has 0 heteroatoms. The second kappa shape index (κ2) is 4.60. The monoisotopic (exact) mass is 308 g/mol. The molecule has 0 radical (unpaired) electrons. The van der Waals surface area contributed by atoms with Crippen LogP contribution < -0.4 is 0 Å².